The fourth-order valence-electron chi connectivity index (χ4n) is 2.41. The van der Waals surface area contributed by atoms with E-state index in [0.29, 0.717) is 24.5 Å². The largest absolute Gasteiger partial charge is 0.326 e. The Balaban J connectivity index is 2.04. The molecule has 1 aliphatic heterocycles. The van der Waals surface area contributed by atoms with Crippen LogP contribution < -0.4 is 10.6 Å². The number of aromatic nitrogens is 2. The summed E-state index contributed by atoms with van der Waals surface area (Å²) < 4.78 is 14.7. The van der Waals surface area contributed by atoms with Gasteiger partial charge in [-0.3, -0.25) is 9.69 Å². The molecule has 2 heterocycles. The molecule has 20 heavy (non-hydrogen) atoms. The van der Waals surface area contributed by atoms with Crippen LogP contribution in [0.4, 0.5) is 10.2 Å². The number of rotatable bonds is 2. The van der Waals surface area contributed by atoms with Gasteiger partial charge < -0.3 is 5.73 Å². The van der Waals surface area contributed by atoms with Gasteiger partial charge in [-0.2, -0.15) is 5.10 Å². The molecule has 0 aliphatic carbocycles. The summed E-state index contributed by atoms with van der Waals surface area (Å²) in [6.45, 7) is 2.33. The molecular formula is C14H15FN4O. The third-order valence-electron chi connectivity index (χ3n) is 3.32. The average molecular weight is 274 g/mol. The molecule has 5 nitrogen and oxygen atoms in total. The number of nitrogens with zero attached hydrogens (tertiary/aromatic N) is 3. The Morgan fingerprint density at radius 3 is 2.65 bits per heavy atom. The Morgan fingerprint density at radius 1 is 1.35 bits per heavy atom. The Kier molecular flexibility index (Phi) is 3.02. The van der Waals surface area contributed by atoms with E-state index >= 15 is 0 Å². The summed E-state index contributed by atoms with van der Waals surface area (Å²) in [5, 5.41) is 4.37. The van der Waals surface area contributed by atoms with Crippen molar-refractivity contribution in [2.75, 3.05) is 11.4 Å². The number of amides is 1. The predicted molar refractivity (Wildman–Crippen MR) is 73.2 cm³/mol. The van der Waals surface area contributed by atoms with Crippen LogP contribution in [-0.4, -0.2) is 28.3 Å². The van der Waals surface area contributed by atoms with Gasteiger partial charge in [-0.1, -0.05) is 0 Å². The molecule has 0 radical (unpaired) electrons. The van der Waals surface area contributed by atoms with Gasteiger partial charge in [-0.25, -0.2) is 9.07 Å². The lowest BCUT2D eigenvalue weighted by Gasteiger charge is -2.17. The maximum Gasteiger partial charge on any atom is 0.229 e. The van der Waals surface area contributed by atoms with Crippen LogP contribution in [0.25, 0.3) is 5.69 Å². The molecule has 1 aliphatic rings. The van der Waals surface area contributed by atoms with E-state index in [0.717, 1.165) is 5.69 Å². The molecule has 0 bridgehead atoms. The molecular weight excluding hydrogens is 259 g/mol. The average Bonchev–Trinajstić information content (AvgIpc) is 2.93. The van der Waals surface area contributed by atoms with Gasteiger partial charge in [0.1, 0.15) is 11.6 Å². The summed E-state index contributed by atoms with van der Waals surface area (Å²) >= 11 is 0. The van der Waals surface area contributed by atoms with Crippen molar-refractivity contribution in [3.8, 4) is 5.69 Å². The van der Waals surface area contributed by atoms with Crippen LogP contribution in [0.3, 0.4) is 0 Å². The smallest absolute Gasteiger partial charge is 0.229 e. The minimum atomic E-state index is -0.307. The van der Waals surface area contributed by atoms with Crippen molar-refractivity contribution in [3.63, 3.8) is 0 Å². The highest BCUT2D eigenvalue weighted by Gasteiger charge is 2.30. The van der Waals surface area contributed by atoms with Gasteiger partial charge in [0.05, 0.1) is 11.4 Å². The summed E-state index contributed by atoms with van der Waals surface area (Å²) in [4.78, 5) is 13.6. The molecule has 2 N–H and O–H groups in total. The summed E-state index contributed by atoms with van der Waals surface area (Å²) in [7, 11) is 0. The van der Waals surface area contributed by atoms with Gasteiger partial charge in [0.15, 0.2) is 0 Å². The van der Waals surface area contributed by atoms with E-state index in [2.05, 4.69) is 5.10 Å². The first-order chi connectivity index (χ1) is 9.54. The van der Waals surface area contributed by atoms with Crippen LogP contribution in [0, 0.1) is 12.7 Å². The number of halogens is 1. The number of carbonyl (C=O) groups excluding carboxylic acids is 1. The molecule has 0 saturated carbocycles. The van der Waals surface area contributed by atoms with Gasteiger partial charge in [-0.15, -0.1) is 0 Å². The van der Waals surface area contributed by atoms with Crippen LogP contribution >= 0.6 is 0 Å². The number of benzene rings is 1. The number of anilines is 1. The van der Waals surface area contributed by atoms with Crippen LogP contribution in [-0.2, 0) is 4.79 Å². The van der Waals surface area contributed by atoms with Crippen LogP contribution in [0.5, 0.6) is 0 Å². The van der Waals surface area contributed by atoms with Crippen molar-refractivity contribution in [2.45, 2.75) is 19.4 Å². The molecule has 1 atom stereocenters. The van der Waals surface area contributed by atoms with Crippen LogP contribution in [0.2, 0.25) is 0 Å². The molecule has 6 heteroatoms. The lowest BCUT2D eigenvalue weighted by molar-refractivity contribution is -0.117. The number of aryl methyl sites for hydroxylation is 1. The third kappa shape index (κ3) is 2.18. The van der Waals surface area contributed by atoms with Crippen molar-refractivity contribution in [1.29, 1.82) is 0 Å². The monoisotopic (exact) mass is 274 g/mol. The second kappa shape index (κ2) is 4.72. The van der Waals surface area contributed by atoms with E-state index in [1.54, 1.807) is 21.7 Å². The second-order valence-corrected chi connectivity index (χ2v) is 5.00. The zero-order valence-corrected chi connectivity index (χ0v) is 11.1. The molecule has 3 rings (SSSR count). The van der Waals surface area contributed by atoms with Gasteiger partial charge in [0.25, 0.3) is 0 Å². The molecule has 1 unspecified atom stereocenters. The number of nitrogens with two attached hydrogens (primary N) is 1. The van der Waals surface area contributed by atoms with Gasteiger partial charge in [0, 0.05) is 25.1 Å². The van der Waals surface area contributed by atoms with Gasteiger partial charge >= 0.3 is 0 Å². The van der Waals surface area contributed by atoms with E-state index in [-0.39, 0.29) is 17.8 Å². The minimum Gasteiger partial charge on any atom is -0.326 e. The zero-order valence-electron chi connectivity index (χ0n) is 11.1. The first-order valence-corrected chi connectivity index (χ1v) is 6.43. The highest BCUT2D eigenvalue weighted by atomic mass is 19.1. The van der Waals surface area contributed by atoms with E-state index in [4.69, 9.17) is 5.73 Å². The Hall–Kier alpha value is -2.21. The molecule has 1 amide bonds. The van der Waals surface area contributed by atoms with Crippen molar-refractivity contribution in [1.82, 2.24) is 9.78 Å². The van der Waals surface area contributed by atoms with E-state index in [1.165, 1.54) is 12.1 Å². The van der Waals surface area contributed by atoms with Crippen LogP contribution in [0.1, 0.15) is 12.1 Å². The number of hydrogen-bond acceptors (Lipinski definition) is 3. The van der Waals surface area contributed by atoms with Crippen molar-refractivity contribution in [3.05, 3.63) is 41.8 Å². The highest BCUT2D eigenvalue weighted by molar-refractivity contribution is 5.95. The van der Waals surface area contributed by atoms with Crippen molar-refractivity contribution >= 4 is 11.7 Å². The van der Waals surface area contributed by atoms with E-state index < -0.39 is 0 Å². The van der Waals surface area contributed by atoms with E-state index in [1.807, 2.05) is 13.0 Å². The SMILES string of the molecule is Cc1cc(N2CC(N)CC2=O)n(-c2ccc(F)cc2)n1. The maximum atomic E-state index is 13.0. The lowest BCUT2D eigenvalue weighted by Crippen LogP contribution is -2.29. The standard InChI is InChI=1S/C14H15FN4O/c1-9-6-13(18-8-11(16)7-14(18)20)19(17-9)12-4-2-10(15)3-5-12/h2-6,11H,7-8,16H2,1H3. The van der Waals surface area contributed by atoms with Crippen LogP contribution in [0.15, 0.2) is 30.3 Å². The lowest BCUT2D eigenvalue weighted by atomic mass is 10.3. The molecule has 1 aromatic carbocycles. The topological polar surface area (TPSA) is 64.2 Å². The Labute approximate surface area is 115 Å². The zero-order chi connectivity index (χ0) is 14.3. The van der Waals surface area contributed by atoms with Crippen molar-refractivity contribution in [2.24, 2.45) is 5.73 Å². The molecule has 104 valence electrons. The highest BCUT2D eigenvalue weighted by Crippen LogP contribution is 2.25. The molecule has 1 saturated heterocycles. The summed E-state index contributed by atoms with van der Waals surface area (Å²) in [6.07, 6.45) is 0.341. The number of carbonyl (C=O) groups is 1. The normalized spacial score (nSPS) is 18.9. The molecule has 1 aromatic heterocycles. The maximum absolute atomic E-state index is 13.0. The summed E-state index contributed by atoms with van der Waals surface area (Å²) in [6, 6.07) is 7.68. The molecule has 0 spiro atoms. The van der Waals surface area contributed by atoms with Gasteiger partial charge in [0.2, 0.25) is 5.91 Å². The first-order valence-electron chi connectivity index (χ1n) is 6.43. The molecule has 1 fully saturated rings. The first kappa shape index (κ1) is 12.8. The summed E-state index contributed by atoms with van der Waals surface area (Å²) in [5.41, 5.74) is 7.33. The minimum absolute atomic E-state index is 0.0132. The predicted octanol–water partition coefficient (Wildman–Crippen LogP) is 1.38. The fraction of sp³-hybridized carbons (Fsp3) is 0.286. The summed E-state index contributed by atoms with van der Waals surface area (Å²) in [5.74, 6) is 0.353. The molecule has 2 aromatic rings. The third-order valence-corrected chi connectivity index (χ3v) is 3.32. The Bertz CT molecular complexity index is 650. The number of hydrogen-bond donors (Lipinski definition) is 1. The quantitative estimate of drug-likeness (QED) is 0.900. The Morgan fingerprint density at radius 2 is 2.05 bits per heavy atom. The fourth-order valence-corrected chi connectivity index (χ4v) is 2.41. The van der Waals surface area contributed by atoms with Gasteiger partial charge in [-0.05, 0) is 31.2 Å². The van der Waals surface area contributed by atoms with E-state index in [9.17, 15) is 9.18 Å². The van der Waals surface area contributed by atoms with Crippen molar-refractivity contribution < 1.29 is 9.18 Å². The second-order valence-electron chi connectivity index (χ2n) is 5.00.